The van der Waals surface area contributed by atoms with Gasteiger partial charge in [-0.2, -0.15) is 0 Å². The number of aliphatic hydroxyl groups is 1. The van der Waals surface area contributed by atoms with Crippen LogP contribution < -0.4 is 10.1 Å². The summed E-state index contributed by atoms with van der Waals surface area (Å²) in [4.78, 5) is 0. The van der Waals surface area contributed by atoms with E-state index in [0.29, 0.717) is 23.2 Å². The van der Waals surface area contributed by atoms with Gasteiger partial charge in [-0.1, -0.05) is 25.4 Å². The molecular formula is C13H20ClNO2. The first-order chi connectivity index (χ1) is 8.04. The first-order valence-electron chi connectivity index (χ1n) is 5.76. The Morgan fingerprint density at radius 2 is 2.06 bits per heavy atom. The van der Waals surface area contributed by atoms with Gasteiger partial charge in [0.15, 0.2) is 0 Å². The van der Waals surface area contributed by atoms with Gasteiger partial charge in [0.25, 0.3) is 0 Å². The maximum absolute atomic E-state index is 10.1. The third kappa shape index (κ3) is 4.54. The highest BCUT2D eigenvalue weighted by molar-refractivity contribution is 6.30. The van der Waals surface area contributed by atoms with Gasteiger partial charge in [0.05, 0.1) is 13.2 Å². The average molecular weight is 258 g/mol. The topological polar surface area (TPSA) is 41.5 Å². The molecule has 0 heterocycles. The number of methoxy groups -OCH3 is 1. The van der Waals surface area contributed by atoms with E-state index in [9.17, 15) is 5.11 Å². The Hall–Kier alpha value is -0.770. The largest absolute Gasteiger partial charge is 0.496 e. The van der Waals surface area contributed by atoms with Crippen molar-refractivity contribution in [2.45, 2.75) is 20.0 Å². The predicted octanol–water partition coefficient (Wildman–Crippen LogP) is 2.63. The van der Waals surface area contributed by atoms with E-state index in [1.165, 1.54) is 0 Å². The van der Waals surface area contributed by atoms with Crippen LogP contribution in [0.3, 0.4) is 0 Å². The van der Waals surface area contributed by atoms with Crippen molar-refractivity contribution in [3.05, 3.63) is 28.8 Å². The van der Waals surface area contributed by atoms with E-state index >= 15 is 0 Å². The highest BCUT2D eigenvalue weighted by Crippen LogP contribution is 2.27. The molecule has 0 fully saturated rings. The fourth-order valence-corrected chi connectivity index (χ4v) is 1.76. The van der Waals surface area contributed by atoms with Gasteiger partial charge < -0.3 is 15.2 Å². The van der Waals surface area contributed by atoms with Crippen LogP contribution in [0.5, 0.6) is 5.75 Å². The van der Waals surface area contributed by atoms with Crippen molar-refractivity contribution in [1.29, 1.82) is 0 Å². The number of aliphatic hydroxyl groups excluding tert-OH is 1. The number of hydrogen-bond donors (Lipinski definition) is 2. The summed E-state index contributed by atoms with van der Waals surface area (Å²) in [5.74, 6) is 1.22. The van der Waals surface area contributed by atoms with Crippen LogP contribution in [0.1, 0.15) is 25.5 Å². The molecule has 0 radical (unpaired) electrons. The van der Waals surface area contributed by atoms with Crippen molar-refractivity contribution in [3.8, 4) is 5.75 Å². The molecule has 0 spiro atoms. The molecular weight excluding hydrogens is 238 g/mol. The maximum atomic E-state index is 10.1. The summed E-state index contributed by atoms with van der Waals surface area (Å²) in [5.41, 5.74) is 0.719. The second-order valence-corrected chi connectivity index (χ2v) is 4.89. The Bertz CT molecular complexity index is 355. The first-order valence-corrected chi connectivity index (χ1v) is 6.14. The summed E-state index contributed by atoms with van der Waals surface area (Å²) in [5, 5.41) is 13.9. The predicted molar refractivity (Wildman–Crippen MR) is 70.7 cm³/mol. The van der Waals surface area contributed by atoms with E-state index in [1.54, 1.807) is 25.3 Å². The van der Waals surface area contributed by atoms with Crippen LogP contribution in [-0.2, 0) is 0 Å². The summed E-state index contributed by atoms with van der Waals surface area (Å²) < 4.78 is 5.20. The molecule has 2 N–H and O–H groups in total. The highest BCUT2D eigenvalue weighted by Gasteiger charge is 2.13. The smallest absolute Gasteiger partial charge is 0.124 e. The molecule has 0 amide bonds. The molecule has 4 heteroatoms. The third-order valence-electron chi connectivity index (χ3n) is 2.44. The number of hydrogen-bond acceptors (Lipinski definition) is 3. The molecule has 0 bridgehead atoms. The fraction of sp³-hybridized carbons (Fsp3) is 0.538. The minimum atomic E-state index is -0.609. The first kappa shape index (κ1) is 14.3. The highest BCUT2D eigenvalue weighted by atomic mass is 35.5. The monoisotopic (exact) mass is 257 g/mol. The fourth-order valence-electron chi connectivity index (χ4n) is 1.58. The maximum Gasteiger partial charge on any atom is 0.124 e. The molecule has 1 aromatic carbocycles. The lowest BCUT2D eigenvalue weighted by Crippen LogP contribution is -2.25. The van der Waals surface area contributed by atoms with Crippen LogP contribution >= 0.6 is 11.6 Å². The van der Waals surface area contributed by atoms with Crippen LogP contribution in [0.2, 0.25) is 5.02 Å². The van der Waals surface area contributed by atoms with Crippen molar-refractivity contribution in [3.63, 3.8) is 0 Å². The van der Waals surface area contributed by atoms with E-state index in [2.05, 4.69) is 19.2 Å². The lowest BCUT2D eigenvalue weighted by molar-refractivity contribution is 0.169. The van der Waals surface area contributed by atoms with Gasteiger partial charge in [-0.05, 0) is 30.7 Å². The number of nitrogens with one attached hydrogen (secondary N) is 1. The van der Waals surface area contributed by atoms with E-state index in [-0.39, 0.29) is 0 Å². The van der Waals surface area contributed by atoms with Crippen molar-refractivity contribution >= 4 is 11.6 Å². The summed E-state index contributed by atoms with van der Waals surface area (Å²) >= 11 is 5.92. The number of halogens is 1. The lowest BCUT2D eigenvalue weighted by atomic mass is 10.1. The average Bonchev–Trinajstić information content (AvgIpc) is 2.28. The van der Waals surface area contributed by atoms with E-state index in [0.717, 1.165) is 12.1 Å². The van der Waals surface area contributed by atoms with E-state index < -0.39 is 6.10 Å². The van der Waals surface area contributed by atoms with Gasteiger partial charge in [0.1, 0.15) is 5.75 Å². The van der Waals surface area contributed by atoms with Gasteiger partial charge in [0.2, 0.25) is 0 Å². The molecule has 1 rings (SSSR count). The van der Waals surface area contributed by atoms with Crippen LogP contribution in [0.15, 0.2) is 18.2 Å². The van der Waals surface area contributed by atoms with Crippen molar-refractivity contribution in [2.24, 2.45) is 5.92 Å². The van der Waals surface area contributed by atoms with Gasteiger partial charge in [-0.25, -0.2) is 0 Å². The van der Waals surface area contributed by atoms with Crippen LogP contribution in [0.25, 0.3) is 0 Å². The van der Waals surface area contributed by atoms with Crippen LogP contribution in [0.4, 0.5) is 0 Å². The standard InChI is InChI=1S/C13H20ClNO2/c1-9(2)7-15-8-12(16)11-6-10(14)4-5-13(11)17-3/h4-6,9,12,15-16H,7-8H2,1-3H3. The summed E-state index contributed by atoms with van der Waals surface area (Å²) in [7, 11) is 1.58. The molecule has 0 saturated heterocycles. The SMILES string of the molecule is COc1ccc(Cl)cc1C(O)CNCC(C)C. The number of benzene rings is 1. The molecule has 0 aliphatic rings. The molecule has 0 aliphatic carbocycles. The second-order valence-electron chi connectivity index (χ2n) is 4.45. The van der Waals surface area contributed by atoms with Crippen LogP contribution in [-0.4, -0.2) is 25.3 Å². The molecule has 1 atom stereocenters. The zero-order valence-electron chi connectivity index (χ0n) is 10.5. The van der Waals surface area contributed by atoms with Crippen molar-refractivity contribution < 1.29 is 9.84 Å². The van der Waals surface area contributed by atoms with Crippen LogP contribution in [0, 0.1) is 5.92 Å². The quantitative estimate of drug-likeness (QED) is 0.823. The number of rotatable bonds is 6. The molecule has 0 saturated carbocycles. The molecule has 1 unspecified atom stereocenters. The van der Waals surface area contributed by atoms with Crippen molar-refractivity contribution in [1.82, 2.24) is 5.32 Å². The Balaban J connectivity index is 2.66. The second kappa shape index (κ2) is 6.84. The zero-order valence-corrected chi connectivity index (χ0v) is 11.3. The Kier molecular flexibility index (Phi) is 5.75. The molecule has 3 nitrogen and oxygen atoms in total. The molecule has 96 valence electrons. The molecule has 0 aliphatic heterocycles. The molecule has 17 heavy (non-hydrogen) atoms. The lowest BCUT2D eigenvalue weighted by Gasteiger charge is -2.16. The van der Waals surface area contributed by atoms with Gasteiger partial charge in [-0.15, -0.1) is 0 Å². The van der Waals surface area contributed by atoms with Gasteiger partial charge in [-0.3, -0.25) is 0 Å². The third-order valence-corrected chi connectivity index (χ3v) is 2.68. The normalized spacial score (nSPS) is 12.8. The Morgan fingerprint density at radius 3 is 2.65 bits per heavy atom. The number of ether oxygens (including phenoxy) is 1. The van der Waals surface area contributed by atoms with E-state index in [4.69, 9.17) is 16.3 Å². The zero-order chi connectivity index (χ0) is 12.8. The Labute approximate surface area is 108 Å². The summed E-state index contributed by atoms with van der Waals surface area (Å²) in [6.07, 6.45) is -0.609. The minimum Gasteiger partial charge on any atom is -0.496 e. The minimum absolute atomic E-state index is 0.495. The molecule has 1 aromatic rings. The van der Waals surface area contributed by atoms with Gasteiger partial charge >= 0.3 is 0 Å². The Morgan fingerprint density at radius 1 is 1.35 bits per heavy atom. The molecule has 0 aromatic heterocycles. The summed E-state index contributed by atoms with van der Waals surface area (Å²) in [6, 6.07) is 5.25. The van der Waals surface area contributed by atoms with Gasteiger partial charge in [0, 0.05) is 17.1 Å². The van der Waals surface area contributed by atoms with Crippen molar-refractivity contribution in [2.75, 3.05) is 20.2 Å². The summed E-state index contributed by atoms with van der Waals surface area (Å²) in [6.45, 7) is 5.62. The van der Waals surface area contributed by atoms with E-state index in [1.807, 2.05) is 0 Å².